The van der Waals surface area contributed by atoms with Gasteiger partial charge in [-0.1, -0.05) is 0 Å². The highest BCUT2D eigenvalue weighted by Gasteiger charge is 2.28. The number of ether oxygens (including phenoxy) is 2. The Kier molecular flexibility index (Phi) is 6.12. The highest BCUT2D eigenvalue weighted by atomic mass is 32.1. The smallest absolute Gasteiger partial charge is 0.259 e. The summed E-state index contributed by atoms with van der Waals surface area (Å²) in [5.74, 6) is 1.81. The van der Waals surface area contributed by atoms with Crippen molar-refractivity contribution in [1.29, 1.82) is 0 Å². The van der Waals surface area contributed by atoms with E-state index >= 15 is 0 Å². The molecule has 0 aliphatic carbocycles. The van der Waals surface area contributed by atoms with E-state index in [1.54, 1.807) is 18.2 Å². The SMILES string of the molecule is Cc1sc2nc(CCC(=O)N3CCC(C(=O)c4ccc5c(c4)OCCO5)CC3)[nH]c(=O)c2c1C. The van der Waals surface area contributed by atoms with Crippen molar-refractivity contribution in [2.45, 2.75) is 39.5 Å². The van der Waals surface area contributed by atoms with Gasteiger partial charge in [-0.3, -0.25) is 14.4 Å². The molecule has 9 heteroatoms. The Morgan fingerprint density at radius 3 is 2.65 bits per heavy atom. The van der Waals surface area contributed by atoms with Gasteiger partial charge in [-0.15, -0.1) is 11.3 Å². The van der Waals surface area contributed by atoms with E-state index in [1.807, 2.05) is 18.7 Å². The van der Waals surface area contributed by atoms with Crippen LogP contribution in [0.4, 0.5) is 0 Å². The Balaban J connectivity index is 1.17. The van der Waals surface area contributed by atoms with Gasteiger partial charge in [-0.25, -0.2) is 4.98 Å². The van der Waals surface area contributed by atoms with E-state index in [0.717, 1.165) is 15.3 Å². The van der Waals surface area contributed by atoms with Crippen LogP contribution < -0.4 is 15.0 Å². The van der Waals surface area contributed by atoms with Gasteiger partial charge in [0.15, 0.2) is 17.3 Å². The summed E-state index contributed by atoms with van der Waals surface area (Å²) in [4.78, 5) is 49.2. The number of rotatable bonds is 5. The molecule has 1 aromatic carbocycles. The molecule has 5 rings (SSSR count). The van der Waals surface area contributed by atoms with Crippen molar-refractivity contribution >= 4 is 33.2 Å². The monoisotopic (exact) mass is 481 g/mol. The second-order valence-electron chi connectivity index (χ2n) is 8.85. The predicted molar refractivity (Wildman–Crippen MR) is 129 cm³/mol. The van der Waals surface area contributed by atoms with Gasteiger partial charge >= 0.3 is 0 Å². The molecule has 178 valence electrons. The van der Waals surface area contributed by atoms with E-state index in [-0.39, 0.29) is 29.6 Å². The van der Waals surface area contributed by atoms with Crippen molar-refractivity contribution in [1.82, 2.24) is 14.9 Å². The third kappa shape index (κ3) is 4.32. The number of hydrogen-bond donors (Lipinski definition) is 1. The number of nitrogens with one attached hydrogen (secondary N) is 1. The molecule has 1 fully saturated rings. The van der Waals surface area contributed by atoms with Crippen LogP contribution in [0.1, 0.15) is 45.9 Å². The molecule has 1 N–H and O–H groups in total. The predicted octanol–water partition coefficient (Wildman–Crippen LogP) is 3.43. The minimum atomic E-state index is -0.146. The molecule has 2 aromatic heterocycles. The topological polar surface area (TPSA) is 102 Å². The summed E-state index contributed by atoms with van der Waals surface area (Å²) in [6.45, 7) is 6.00. The maximum absolute atomic E-state index is 13.0. The number of H-pyrrole nitrogens is 1. The largest absolute Gasteiger partial charge is 0.486 e. The summed E-state index contributed by atoms with van der Waals surface area (Å²) < 4.78 is 11.1. The van der Waals surface area contributed by atoms with E-state index in [9.17, 15) is 14.4 Å². The third-order valence-corrected chi connectivity index (χ3v) is 7.81. The lowest BCUT2D eigenvalue weighted by Crippen LogP contribution is -2.40. The molecule has 3 aromatic rings. The van der Waals surface area contributed by atoms with Crippen molar-refractivity contribution < 1.29 is 19.1 Å². The van der Waals surface area contributed by atoms with Gasteiger partial charge < -0.3 is 19.4 Å². The van der Waals surface area contributed by atoms with Crippen LogP contribution in [0.3, 0.4) is 0 Å². The first kappa shape index (κ1) is 22.6. The van der Waals surface area contributed by atoms with Crippen molar-refractivity contribution in [3.05, 3.63) is 50.4 Å². The number of carbonyl (C=O) groups is 2. The average molecular weight is 482 g/mol. The second kappa shape index (κ2) is 9.21. The standard InChI is InChI=1S/C25H27N3O5S/c1-14-15(2)34-25-22(14)24(31)26-20(27-25)5-6-21(29)28-9-7-16(8-10-28)23(30)17-3-4-18-19(13-17)33-12-11-32-18/h3-4,13,16H,5-12H2,1-2H3,(H,26,27,31). The van der Waals surface area contributed by atoms with Crippen LogP contribution in [-0.2, 0) is 11.2 Å². The zero-order valence-electron chi connectivity index (χ0n) is 19.3. The number of aromatic amines is 1. The molecule has 0 bridgehead atoms. The molecular formula is C25H27N3O5S. The van der Waals surface area contributed by atoms with Crippen molar-refractivity contribution in [3.8, 4) is 11.5 Å². The third-order valence-electron chi connectivity index (χ3n) is 6.71. The molecule has 0 radical (unpaired) electrons. The quantitative estimate of drug-likeness (QED) is 0.561. The molecule has 2 aliphatic heterocycles. The van der Waals surface area contributed by atoms with Gasteiger partial charge in [0.25, 0.3) is 5.56 Å². The summed E-state index contributed by atoms with van der Waals surface area (Å²) in [6.07, 6.45) is 1.93. The van der Waals surface area contributed by atoms with E-state index in [4.69, 9.17) is 9.47 Å². The van der Waals surface area contributed by atoms with Gasteiger partial charge in [-0.05, 0) is 50.5 Å². The van der Waals surface area contributed by atoms with Crippen molar-refractivity contribution in [2.75, 3.05) is 26.3 Å². The number of thiophene rings is 1. The fraction of sp³-hybridized carbons (Fsp3) is 0.440. The highest BCUT2D eigenvalue weighted by Crippen LogP contribution is 2.32. The van der Waals surface area contributed by atoms with Crippen LogP contribution in [-0.4, -0.2) is 52.9 Å². The van der Waals surface area contributed by atoms with E-state index in [2.05, 4.69) is 9.97 Å². The lowest BCUT2D eigenvalue weighted by molar-refractivity contribution is -0.132. The molecule has 34 heavy (non-hydrogen) atoms. The van der Waals surface area contributed by atoms with Crippen molar-refractivity contribution in [2.24, 2.45) is 5.92 Å². The first-order chi connectivity index (χ1) is 16.4. The minimum Gasteiger partial charge on any atom is -0.486 e. The fourth-order valence-electron chi connectivity index (χ4n) is 4.62. The molecule has 0 atom stereocenters. The number of likely N-dealkylation sites (tertiary alicyclic amines) is 1. The van der Waals surface area contributed by atoms with Crippen LogP contribution >= 0.6 is 11.3 Å². The highest BCUT2D eigenvalue weighted by molar-refractivity contribution is 7.18. The van der Waals surface area contributed by atoms with Crippen LogP contribution in [0.2, 0.25) is 0 Å². The molecule has 2 aliphatic rings. The normalized spacial score (nSPS) is 16.1. The lowest BCUT2D eigenvalue weighted by atomic mass is 9.88. The molecule has 0 spiro atoms. The zero-order valence-corrected chi connectivity index (χ0v) is 20.1. The number of hydrogen-bond acceptors (Lipinski definition) is 7. The molecule has 1 amide bonds. The Morgan fingerprint density at radius 1 is 1.15 bits per heavy atom. The number of nitrogens with zero attached hydrogens (tertiary/aromatic N) is 2. The van der Waals surface area contributed by atoms with Gasteiger partial charge in [0, 0.05) is 42.3 Å². The number of piperidine rings is 1. The first-order valence-corrected chi connectivity index (χ1v) is 12.4. The first-order valence-electron chi connectivity index (χ1n) is 11.6. The molecule has 4 heterocycles. The zero-order chi connectivity index (χ0) is 23.8. The Hall–Kier alpha value is -3.20. The van der Waals surface area contributed by atoms with Crippen molar-refractivity contribution in [3.63, 3.8) is 0 Å². The number of carbonyl (C=O) groups excluding carboxylic acids is 2. The minimum absolute atomic E-state index is 0.0199. The van der Waals surface area contributed by atoms with Crippen LogP contribution in [0.15, 0.2) is 23.0 Å². The maximum Gasteiger partial charge on any atom is 0.259 e. The molecule has 1 saturated heterocycles. The van der Waals surface area contributed by atoms with E-state index in [0.29, 0.717) is 73.8 Å². The second-order valence-corrected chi connectivity index (χ2v) is 10.1. The summed E-state index contributed by atoms with van der Waals surface area (Å²) in [7, 11) is 0. The number of Topliss-reactive ketones (excluding diaryl/α,β-unsaturated/α-hetero) is 1. The number of benzene rings is 1. The number of ketones is 1. The number of fused-ring (bicyclic) bond motifs is 2. The number of amides is 1. The average Bonchev–Trinajstić information content (AvgIpc) is 3.15. The lowest BCUT2D eigenvalue weighted by Gasteiger charge is -2.31. The summed E-state index contributed by atoms with van der Waals surface area (Å²) in [6, 6.07) is 5.33. The summed E-state index contributed by atoms with van der Waals surface area (Å²) in [5, 5.41) is 0.641. The summed E-state index contributed by atoms with van der Waals surface area (Å²) >= 11 is 1.50. The Labute approximate surface area is 200 Å². The van der Waals surface area contributed by atoms with Gasteiger partial charge in [-0.2, -0.15) is 0 Å². The van der Waals surface area contributed by atoms with E-state index < -0.39 is 0 Å². The molecule has 8 nitrogen and oxygen atoms in total. The van der Waals surface area contributed by atoms with E-state index in [1.165, 1.54) is 11.3 Å². The van der Waals surface area contributed by atoms with Crippen LogP contribution in [0.25, 0.3) is 10.2 Å². The Morgan fingerprint density at radius 2 is 1.88 bits per heavy atom. The molecular weight excluding hydrogens is 454 g/mol. The van der Waals surface area contributed by atoms with Gasteiger partial charge in [0.2, 0.25) is 5.91 Å². The molecule has 0 saturated carbocycles. The van der Waals surface area contributed by atoms with Crippen LogP contribution in [0.5, 0.6) is 11.5 Å². The maximum atomic E-state index is 13.0. The molecule has 0 unspecified atom stereocenters. The number of aryl methyl sites for hydroxylation is 3. The number of aromatic nitrogens is 2. The van der Waals surface area contributed by atoms with Gasteiger partial charge in [0.05, 0.1) is 5.39 Å². The summed E-state index contributed by atoms with van der Waals surface area (Å²) in [5.41, 5.74) is 1.44. The fourth-order valence-corrected chi connectivity index (χ4v) is 5.67. The Bertz CT molecular complexity index is 1320. The van der Waals surface area contributed by atoms with Crippen LogP contribution in [0, 0.1) is 19.8 Å². The van der Waals surface area contributed by atoms with Gasteiger partial charge in [0.1, 0.15) is 23.9 Å².